The molecule has 0 saturated carbocycles. The molecule has 0 aliphatic carbocycles. The summed E-state index contributed by atoms with van der Waals surface area (Å²) in [5, 5.41) is 3.39. The fraction of sp³-hybridized carbons (Fsp3) is 0.235. The van der Waals surface area contributed by atoms with Crippen LogP contribution in [0, 0.1) is 0 Å². The van der Waals surface area contributed by atoms with Gasteiger partial charge in [0.15, 0.2) is 5.75 Å². The van der Waals surface area contributed by atoms with Crippen LogP contribution >= 0.6 is 11.6 Å². The summed E-state index contributed by atoms with van der Waals surface area (Å²) in [6.07, 6.45) is 0. The van der Waals surface area contributed by atoms with E-state index in [1.165, 1.54) is 0 Å². The lowest BCUT2D eigenvalue weighted by molar-refractivity contribution is 0.0564. The molecule has 2 aromatic rings. The van der Waals surface area contributed by atoms with Gasteiger partial charge in [0.2, 0.25) is 0 Å². The van der Waals surface area contributed by atoms with Crippen molar-refractivity contribution in [3.05, 3.63) is 53.6 Å². The second kappa shape index (κ2) is 7.35. The van der Waals surface area contributed by atoms with Crippen LogP contribution in [0.1, 0.15) is 0 Å². The quantitative estimate of drug-likeness (QED) is 0.924. The van der Waals surface area contributed by atoms with Crippen molar-refractivity contribution in [2.45, 2.75) is 0 Å². The lowest BCUT2D eigenvalue weighted by Crippen LogP contribution is -2.43. The van der Waals surface area contributed by atoms with Gasteiger partial charge in [-0.05, 0) is 30.3 Å². The molecule has 1 heterocycles. The van der Waals surface area contributed by atoms with Crippen LogP contribution in [0.4, 0.5) is 10.5 Å². The number of para-hydroxylation sites is 1. The van der Waals surface area contributed by atoms with Crippen molar-refractivity contribution >= 4 is 23.3 Å². The van der Waals surface area contributed by atoms with Crippen LogP contribution in [0.2, 0.25) is 5.02 Å². The van der Waals surface area contributed by atoms with E-state index in [1.54, 1.807) is 23.1 Å². The maximum atomic E-state index is 12.3. The van der Waals surface area contributed by atoms with Crippen molar-refractivity contribution in [3.63, 3.8) is 0 Å². The first-order valence-corrected chi connectivity index (χ1v) is 7.76. The molecule has 1 N–H and O–H groups in total. The van der Waals surface area contributed by atoms with E-state index in [1.807, 2.05) is 30.3 Å². The number of carbonyl (C=O) groups excluding carboxylic acids is 1. The standard InChI is InChI=1S/C17H17ClN2O3/c18-13-6-7-16(23-14-4-2-1-3-5-14)15(12-13)19-17(21)20-8-10-22-11-9-20/h1-7,12H,8-11H2,(H,19,21). The smallest absolute Gasteiger partial charge is 0.322 e. The highest BCUT2D eigenvalue weighted by Crippen LogP contribution is 2.32. The molecule has 0 aromatic heterocycles. The summed E-state index contributed by atoms with van der Waals surface area (Å²) < 4.78 is 11.1. The normalized spacial score (nSPS) is 14.4. The molecule has 23 heavy (non-hydrogen) atoms. The maximum Gasteiger partial charge on any atom is 0.322 e. The Kier molecular flexibility index (Phi) is 5.00. The SMILES string of the molecule is O=C(Nc1cc(Cl)ccc1Oc1ccccc1)N1CCOCC1. The van der Waals surface area contributed by atoms with E-state index in [9.17, 15) is 4.79 Å². The van der Waals surface area contributed by atoms with Crippen molar-refractivity contribution in [1.82, 2.24) is 4.90 Å². The van der Waals surface area contributed by atoms with Crippen LogP contribution in [0.5, 0.6) is 11.5 Å². The number of amides is 2. The van der Waals surface area contributed by atoms with Crippen LogP contribution in [0.25, 0.3) is 0 Å². The lowest BCUT2D eigenvalue weighted by atomic mass is 10.3. The fourth-order valence-corrected chi connectivity index (χ4v) is 2.44. The van der Waals surface area contributed by atoms with E-state index in [-0.39, 0.29) is 6.03 Å². The zero-order valence-corrected chi connectivity index (χ0v) is 13.3. The van der Waals surface area contributed by atoms with Gasteiger partial charge in [0, 0.05) is 18.1 Å². The Bertz CT molecular complexity index is 673. The predicted molar refractivity (Wildman–Crippen MR) is 89.4 cm³/mol. The second-order valence-electron chi connectivity index (χ2n) is 5.09. The van der Waals surface area contributed by atoms with Gasteiger partial charge in [-0.15, -0.1) is 0 Å². The Labute approximate surface area is 139 Å². The van der Waals surface area contributed by atoms with Gasteiger partial charge in [-0.25, -0.2) is 4.79 Å². The van der Waals surface area contributed by atoms with Gasteiger partial charge in [-0.3, -0.25) is 0 Å². The van der Waals surface area contributed by atoms with Crippen LogP contribution in [0.3, 0.4) is 0 Å². The molecule has 5 nitrogen and oxygen atoms in total. The molecule has 1 saturated heterocycles. The molecule has 3 rings (SSSR count). The number of nitrogens with one attached hydrogen (secondary N) is 1. The number of nitrogens with zero attached hydrogens (tertiary/aromatic N) is 1. The van der Waals surface area contributed by atoms with Gasteiger partial charge in [-0.2, -0.15) is 0 Å². The molecular weight excluding hydrogens is 316 g/mol. The molecule has 2 amide bonds. The zero-order valence-electron chi connectivity index (χ0n) is 12.5. The highest BCUT2D eigenvalue weighted by atomic mass is 35.5. The molecule has 1 fully saturated rings. The number of hydrogen-bond donors (Lipinski definition) is 1. The summed E-state index contributed by atoms with van der Waals surface area (Å²) in [4.78, 5) is 14.0. The number of rotatable bonds is 3. The summed E-state index contributed by atoms with van der Waals surface area (Å²) in [6.45, 7) is 2.25. The van der Waals surface area contributed by atoms with E-state index >= 15 is 0 Å². The third-order valence-electron chi connectivity index (χ3n) is 3.45. The molecule has 0 bridgehead atoms. The molecular formula is C17H17ClN2O3. The second-order valence-corrected chi connectivity index (χ2v) is 5.52. The monoisotopic (exact) mass is 332 g/mol. The molecule has 120 valence electrons. The van der Waals surface area contributed by atoms with E-state index in [2.05, 4.69) is 5.32 Å². The lowest BCUT2D eigenvalue weighted by Gasteiger charge is -2.27. The largest absolute Gasteiger partial charge is 0.455 e. The first-order valence-electron chi connectivity index (χ1n) is 7.38. The maximum absolute atomic E-state index is 12.3. The molecule has 0 radical (unpaired) electrons. The molecule has 1 aliphatic heterocycles. The Morgan fingerprint density at radius 3 is 2.61 bits per heavy atom. The van der Waals surface area contributed by atoms with E-state index in [4.69, 9.17) is 21.1 Å². The van der Waals surface area contributed by atoms with Crippen LogP contribution in [-0.4, -0.2) is 37.2 Å². The van der Waals surface area contributed by atoms with Gasteiger partial charge in [0.25, 0.3) is 0 Å². The van der Waals surface area contributed by atoms with Crippen LogP contribution in [-0.2, 0) is 4.74 Å². The Balaban J connectivity index is 1.77. The molecule has 0 unspecified atom stereocenters. The summed E-state index contributed by atoms with van der Waals surface area (Å²) in [5.74, 6) is 1.24. The number of carbonyl (C=O) groups is 1. The predicted octanol–water partition coefficient (Wildman–Crippen LogP) is 4.00. The number of benzene rings is 2. The third-order valence-corrected chi connectivity index (χ3v) is 3.69. The minimum atomic E-state index is -0.187. The molecule has 0 atom stereocenters. The zero-order chi connectivity index (χ0) is 16.1. The van der Waals surface area contributed by atoms with Gasteiger partial charge in [-0.1, -0.05) is 29.8 Å². The number of ether oxygens (including phenoxy) is 2. The summed E-state index contributed by atoms with van der Waals surface area (Å²) >= 11 is 6.05. The minimum absolute atomic E-state index is 0.187. The van der Waals surface area contributed by atoms with Crippen molar-refractivity contribution in [3.8, 4) is 11.5 Å². The van der Waals surface area contributed by atoms with E-state index < -0.39 is 0 Å². The van der Waals surface area contributed by atoms with E-state index in [0.717, 1.165) is 0 Å². The molecule has 0 spiro atoms. The third kappa shape index (κ3) is 4.15. The van der Waals surface area contributed by atoms with Gasteiger partial charge in [0.05, 0.1) is 18.9 Å². The van der Waals surface area contributed by atoms with Crippen molar-refractivity contribution in [2.24, 2.45) is 0 Å². The van der Waals surface area contributed by atoms with Gasteiger partial charge >= 0.3 is 6.03 Å². The molecule has 6 heteroatoms. The summed E-state index contributed by atoms with van der Waals surface area (Å²) in [7, 11) is 0. The van der Waals surface area contributed by atoms with Crippen LogP contribution < -0.4 is 10.1 Å². The highest BCUT2D eigenvalue weighted by Gasteiger charge is 2.18. The first-order chi connectivity index (χ1) is 11.2. The molecule has 2 aromatic carbocycles. The van der Waals surface area contributed by atoms with Crippen molar-refractivity contribution in [1.29, 1.82) is 0 Å². The number of hydrogen-bond acceptors (Lipinski definition) is 3. The van der Waals surface area contributed by atoms with Crippen molar-refractivity contribution in [2.75, 3.05) is 31.6 Å². The van der Waals surface area contributed by atoms with Crippen LogP contribution in [0.15, 0.2) is 48.5 Å². The number of morpholine rings is 1. The minimum Gasteiger partial charge on any atom is -0.455 e. The summed E-state index contributed by atoms with van der Waals surface area (Å²) in [5.41, 5.74) is 0.540. The average molecular weight is 333 g/mol. The topological polar surface area (TPSA) is 50.8 Å². The van der Waals surface area contributed by atoms with Gasteiger partial charge < -0.3 is 19.7 Å². The average Bonchev–Trinajstić information content (AvgIpc) is 2.59. The van der Waals surface area contributed by atoms with Gasteiger partial charge in [0.1, 0.15) is 5.75 Å². The number of urea groups is 1. The number of anilines is 1. The highest BCUT2D eigenvalue weighted by molar-refractivity contribution is 6.31. The summed E-state index contributed by atoms with van der Waals surface area (Å²) in [6, 6.07) is 14.3. The Morgan fingerprint density at radius 2 is 1.87 bits per heavy atom. The number of halogens is 1. The molecule has 1 aliphatic rings. The Morgan fingerprint density at radius 1 is 1.13 bits per heavy atom. The van der Waals surface area contributed by atoms with E-state index in [0.29, 0.717) is 48.5 Å². The Hall–Kier alpha value is -2.24. The first kappa shape index (κ1) is 15.6. The van der Waals surface area contributed by atoms with Crippen molar-refractivity contribution < 1.29 is 14.3 Å². The fourth-order valence-electron chi connectivity index (χ4n) is 2.27.